The number of nitrogens with zero attached hydrogens (tertiary/aromatic N) is 5. The maximum absolute atomic E-state index is 12.6. The molecule has 0 atom stereocenters. The number of hydrogen-bond acceptors (Lipinski definition) is 6. The molecule has 33 heavy (non-hydrogen) atoms. The van der Waals surface area contributed by atoms with Crippen molar-refractivity contribution in [1.82, 2.24) is 20.1 Å². The zero-order valence-corrected chi connectivity index (χ0v) is 18.3. The van der Waals surface area contributed by atoms with Crippen molar-refractivity contribution < 1.29 is 9.63 Å². The number of carbonyl (C=O) groups is 1. The molecule has 2 aliphatic rings. The Kier molecular flexibility index (Phi) is 5.03. The Bertz CT molecular complexity index is 1270. The number of para-hydroxylation sites is 1. The fraction of sp³-hybridized carbons (Fsp3) is 0.269. The number of fused-ring (bicyclic) bond motifs is 2. The Labute approximate surface area is 192 Å². The van der Waals surface area contributed by atoms with Crippen LogP contribution in [0, 0.1) is 0 Å². The lowest BCUT2D eigenvalue weighted by molar-refractivity contribution is 0.0409. The minimum atomic E-state index is -0.456. The van der Waals surface area contributed by atoms with Gasteiger partial charge in [-0.2, -0.15) is 0 Å². The second-order valence-corrected chi connectivity index (χ2v) is 8.73. The van der Waals surface area contributed by atoms with E-state index in [0.29, 0.717) is 22.6 Å². The lowest BCUT2D eigenvalue weighted by Gasteiger charge is -2.39. The van der Waals surface area contributed by atoms with Gasteiger partial charge in [0.15, 0.2) is 0 Å². The van der Waals surface area contributed by atoms with Gasteiger partial charge in [0.25, 0.3) is 0 Å². The normalized spacial score (nSPS) is 16.8. The van der Waals surface area contributed by atoms with Crippen LogP contribution in [0.3, 0.4) is 0 Å². The quantitative estimate of drug-likeness (QED) is 0.456. The van der Waals surface area contributed by atoms with Gasteiger partial charge in [-0.25, -0.2) is 4.79 Å². The third-order valence-electron chi connectivity index (χ3n) is 6.82. The molecule has 166 valence electrons. The first-order valence-electron chi connectivity index (χ1n) is 11.4. The zero-order chi connectivity index (χ0) is 22.2. The molecule has 1 saturated heterocycles. The molecule has 0 radical (unpaired) electrons. The SMILES string of the molecule is O=C(On1nnc2ccccc21)c1ccc(N2CCN(C3Cc4ccccc4C3)CC2)cc1. The van der Waals surface area contributed by atoms with Crippen LogP contribution in [-0.2, 0) is 12.8 Å². The van der Waals surface area contributed by atoms with E-state index >= 15 is 0 Å². The van der Waals surface area contributed by atoms with Crippen molar-refractivity contribution in [2.24, 2.45) is 0 Å². The molecule has 2 heterocycles. The number of rotatable bonds is 4. The van der Waals surface area contributed by atoms with E-state index in [1.54, 1.807) is 0 Å². The molecule has 0 amide bonds. The fourth-order valence-corrected chi connectivity index (χ4v) is 4.99. The number of anilines is 1. The second kappa shape index (κ2) is 8.33. The Morgan fingerprint density at radius 3 is 2.21 bits per heavy atom. The van der Waals surface area contributed by atoms with Crippen molar-refractivity contribution in [3.05, 3.63) is 89.5 Å². The van der Waals surface area contributed by atoms with E-state index in [9.17, 15) is 4.79 Å². The van der Waals surface area contributed by atoms with Crippen LogP contribution in [0.5, 0.6) is 0 Å². The first-order valence-corrected chi connectivity index (χ1v) is 11.4. The van der Waals surface area contributed by atoms with E-state index in [-0.39, 0.29) is 0 Å². The summed E-state index contributed by atoms with van der Waals surface area (Å²) in [5.41, 5.74) is 5.97. The maximum atomic E-state index is 12.6. The van der Waals surface area contributed by atoms with Crippen LogP contribution in [0.1, 0.15) is 21.5 Å². The van der Waals surface area contributed by atoms with E-state index in [0.717, 1.165) is 44.7 Å². The molecule has 6 rings (SSSR count). The summed E-state index contributed by atoms with van der Waals surface area (Å²) in [5, 5.41) is 7.93. The van der Waals surface area contributed by atoms with Crippen LogP contribution in [0.25, 0.3) is 11.0 Å². The number of benzene rings is 3. The van der Waals surface area contributed by atoms with Gasteiger partial charge in [-0.3, -0.25) is 4.90 Å². The lowest BCUT2D eigenvalue weighted by Crippen LogP contribution is -2.50. The Morgan fingerprint density at radius 2 is 1.48 bits per heavy atom. The van der Waals surface area contributed by atoms with Crippen LogP contribution >= 0.6 is 0 Å². The van der Waals surface area contributed by atoms with Crippen molar-refractivity contribution in [2.75, 3.05) is 31.1 Å². The average Bonchev–Trinajstić information content (AvgIpc) is 3.49. The second-order valence-electron chi connectivity index (χ2n) is 8.73. The van der Waals surface area contributed by atoms with Crippen LogP contribution in [0.15, 0.2) is 72.8 Å². The summed E-state index contributed by atoms with van der Waals surface area (Å²) in [6.07, 6.45) is 2.32. The van der Waals surface area contributed by atoms with E-state index < -0.39 is 5.97 Å². The van der Waals surface area contributed by atoms with Crippen molar-refractivity contribution >= 4 is 22.7 Å². The monoisotopic (exact) mass is 439 g/mol. The van der Waals surface area contributed by atoms with E-state index in [2.05, 4.69) is 44.4 Å². The highest BCUT2D eigenvalue weighted by molar-refractivity contribution is 5.90. The van der Waals surface area contributed by atoms with E-state index in [1.165, 1.54) is 16.0 Å². The molecule has 0 spiro atoms. The first kappa shape index (κ1) is 19.9. The average molecular weight is 440 g/mol. The molecule has 7 heteroatoms. The van der Waals surface area contributed by atoms with Gasteiger partial charge in [0.05, 0.1) is 5.56 Å². The topological polar surface area (TPSA) is 63.5 Å². The summed E-state index contributed by atoms with van der Waals surface area (Å²) in [4.78, 5) is 24.2. The molecule has 3 aromatic carbocycles. The predicted octanol–water partition coefficient (Wildman–Crippen LogP) is 2.99. The minimum absolute atomic E-state index is 0.456. The van der Waals surface area contributed by atoms with Gasteiger partial charge >= 0.3 is 5.97 Å². The summed E-state index contributed by atoms with van der Waals surface area (Å²) in [6.45, 7) is 4.09. The number of carbonyl (C=O) groups excluding carboxylic acids is 1. The Balaban J connectivity index is 1.07. The molecule has 0 unspecified atom stereocenters. The predicted molar refractivity (Wildman–Crippen MR) is 126 cm³/mol. The highest BCUT2D eigenvalue weighted by Crippen LogP contribution is 2.27. The van der Waals surface area contributed by atoms with Crippen molar-refractivity contribution in [1.29, 1.82) is 0 Å². The number of hydrogen-bond donors (Lipinski definition) is 0. The van der Waals surface area contributed by atoms with Crippen LogP contribution in [0.2, 0.25) is 0 Å². The summed E-state index contributed by atoms with van der Waals surface area (Å²) >= 11 is 0. The maximum Gasteiger partial charge on any atom is 0.365 e. The van der Waals surface area contributed by atoms with Gasteiger partial charge in [-0.1, -0.05) is 41.2 Å². The summed E-state index contributed by atoms with van der Waals surface area (Å²) < 4.78 is 0. The fourth-order valence-electron chi connectivity index (χ4n) is 4.99. The molecule has 0 N–H and O–H groups in total. The Hall–Kier alpha value is -3.71. The number of piperazine rings is 1. The zero-order valence-electron chi connectivity index (χ0n) is 18.3. The van der Waals surface area contributed by atoms with Crippen molar-refractivity contribution in [3.63, 3.8) is 0 Å². The van der Waals surface area contributed by atoms with E-state index in [1.807, 2.05) is 48.5 Å². The summed E-state index contributed by atoms with van der Waals surface area (Å²) in [7, 11) is 0. The largest absolute Gasteiger partial charge is 0.369 e. The number of aromatic nitrogens is 3. The molecule has 1 aliphatic carbocycles. The molecule has 7 nitrogen and oxygen atoms in total. The van der Waals surface area contributed by atoms with Gasteiger partial charge in [-0.05, 0) is 65.6 Å². The van der Waals surface area contributed by atoms with Gasteiger partial charge in [0.1, 0.15) is 11.0 Å². The summed E-state index contributed by atoms with van der Waals surface area (Å²) in [5.74, 6) is -0.456. The van der Waals surface area contributed by atoms with Crippen LogP contribution in [-0.4, -0.2) is 58.2 Å². The molecular formula is C26H25N5O2. The van der Waals surface area contributed by atoms with Gasteiger partial charge in [-0.15, -0.1) is 5.10 Å². The third kappa shape index (κ3) is 3.85. The first-order chi connectivity index (χ1) is 16.2. The standard InChI is InChI=1S/C26H25N5O2/c32-26(33-31-25-8-4-3-7-24(25)27-28-31)19-9-11-22(12-10-19)29-13-15-30(16-14-29)23-17-20-5-1-2-6-21(20)18-23/h1-12,23H,13-18H2. The molecule has 0 saturated carbocycles. The van der Waals surface area contributed by atoms with Crippen molar-refractivity contribution in [2.45, 2.75) is 18.9 Å². The van der Waals surface area contributed by atoms with Gasteiger partial charge < -0.3 is 9.74 Å². The van der Waals surface area contributed by atoms with Gasteiger partial charge in [0, 0.05) is 37.9 Å². The van der Waals surface area contributed by atoms with Gasteiger partial charge in [0.2, 0.25) is 0 Å². The van der Waals surface area contributed by atoms with Crippen LogP contribution < -0.4 is 9.74 Å². The molecule has 1 fully saturated rings. The summed E-state index contributed by atoms with van der Waals surface area (Å²) in [6, 6.07) is 24.4. The van der Waals surface area contributed by atoms with E-state index in [4.69, 9.17) is 4.84 Å². The smallest absolute Gasteiger partial charge is 0.365 e. The van der Waals surface area contributed by atoms with Crippen molar-refractivity contribution in [3.8, 4) is 0 Å². The minimum Gasteiger partial charge on any atom is -0.369 e. The molecule has 1 aliphatic heterocycles. The highest BCUT2D eigenvalue weighted by Gasteiger charge is 2.29. The molecule has 1 aromatic heterocycles. The molecule has 0 bridgehead atoms. The third-order valence-corrected chi connectivity index (χ3v) is 6.82. The molecular weight excluding hydrogens is 414 g/mol. The van der Waals surface area contributed by atoms with Crippen LogP contribution in [0.4, 0.5) is 5.69 Å². The molecule has 4 aromatic rings. The highest BCUT2D eigenvalue weighted by atomic mass is 16.7. The lowest BCUT2D eigenvalue weighted by atomic mass is 10.1. The Morgan fingerprint density at radius 1 is 0.818 bits per heavy atom.